The summed E-state index contributed by atoms with van der Waals surface area (Å²) in [4.78, 5) is 18.2. The van der Waals surface area contributed by atoms with Crippen LogP contribution in [0, 0.1) is 17.8 Å². The van der Waals surface area contributed by atoms with Crippen molar-refractivity contribution in [2.24, 2.45) is 17.8 Å². The molecule has 306 valence electrons. The Labute approximate surface area is 356 Å². The highest BCUT2D eigenvalue weighted by Gasteiger charge is 2.51. The molecule has 3 atom stereocenters. The molecule has 0 spiro atoms. The maximum absolute atomic E-state index is 13.3. The summed E-state index contributed by atoms with van der Waals surface area (Å²) in [5.74, 6) is 3.70. The van der Waals surface area contributed by atoms with Crippen LogP contribution < -0.4 is 10.6 Å². The summed E-state index contributed by atoms with van der Waals surface area (Å²) >= 11 is 1.55. The molecule has 0 radical (unpaired) electrons. The van der Waals surface area contributed by atoms with Gasteiger partial charge in [0.15, 0.2) is 12.1 Å². The van der Waals surface area contributed by atoms with Crippen LogP contribution in [0.5, 0.6) is 0 Å². The molecule has 60 heavy (non-hydrogen) atoms. The largest absolute Gasteiger partial charge is 0.431 e. The highest BCUT2D eigenvalue weighted by Crippen LogP contribution is 2.55. The maximum atomic E-state index is 13.3. The van der Waals surface area contributed by atoms with Gasteiger partial charge in [-0.2, -0.15) is 0 Å². The molecule has 9 heteroatoms. The Bertz CT molecular complexity index is 2330. The Morgan fingerprint density at radius 2 is 1.33 bits per heavy atom. The molecule has 3 N–H and O–H groups in total. The topological polar surface area (TPSA) is 106 Å². The zero-order chi connectivity index (χ0) is 40.5. The number of carbonyl (C=O) groups is 1. The average molecular weight is 818 g/mol. The van der Waals surface area contributed by atoms with Crippen molar-refractivity contribution in [2.75, 3.05) is 5.75 Å². The predicted octanol–water partition coefficient (Wildman–Crippen LogP) is 11.3. The highest BCUT2D eigenvalue weighted by atomic mass is 32.2. The molecule has 1 aromatic heterocycles. The first-order valence-electron chi connectivity index (χ1n) is 21.4. The third-order valence-corrected chi connectivity index (χ3v) is 13.9. The standard InChI is InChI=1S/C51H51N3O5S/c55-31-33-17-19-38(20-18-33)45-26-44(32-60-50-53-46(39-10-3-1-4-11-39)47(59-50)40-12-5-2-6-13-40)57-48(58-45)43-16-8-15-42(25-43)41-14-7-9-34(24-41)30-52-49(56)54-51-27-35-21-36(28-51)23-37(22-35)29-51/h1-20,24-25,35-37,44-45,48,55H,21-23,26-32H2,(H2,52,54,56)/t35?,36?,37?,44-,45+,48+,51?/m1/s1. The van der Waals surface area contributed by atoms with Crippen LogP contribution in [0.1, 0.15) is 79.6 Å². The molecule has 8 nitrogen and oxygen atoms in total. The molecule has 0 unspecified atom stereocenters. The summed E-state index contributed by atoms with van der Waals surface area (Å²) in [5, 5.41) is 16.9. The molecule has 2 heterocycles. The van der Waals surface area contributed by atoms with E-state index in [1.54, 1.807) is 11.8 Å². The molecule has 2 amide bonds. The Balaban J connectivity index is 0.851. The minimum atomic E-state index is -0.616. The lowest BCUT2D eigenvalue weighted by atomic mass is 9.53. The van der Waals surface area contributed by atoms with E-state index in [0.717, 1.165) is 93.0 Å². The van der Waals surface area contributed by atoms with Gasteiger partial charge in [0.1, 0.15) is 5.69 Å². The van der Waals surface area contributed by atoms with Crippen LogP contribution in [0.15, 0.2) is 143 Å². The van der Waals surface area contributed by atoms with Crippen molar-refractivity contribution < 1.29 is 23.8 Å². The van der Waals surface area contributed by atoms with Gasteiger partial charge in [-0.25, -0.2) is 9.78 Å². The van der Waals surface area contributed by atoms with Crippen LogP contribution in [0.2, 0.25) is 0 Å². The van der Waals surface area contributed by atoms with Gasteiger partial charge in [0.2, 0.25) is 0 Å². The van der Waals surface area contributed by atoms with Gasteiger partial charge in [0, 0.05) is 40.9 Å². The third-order valence-electron chi connectivity index (χ3n) is 13.0. The molecule has 5 aliphatic rings. The fraction of sp³-hybridized carbons (Fsp3) is 0.333. The zero-order valence-electron chi connectivity index (χ0n) is 33.7. The highest BCUT2D eigenvalue weighted by molar-refractivity contribution is 7.99. The fourth-order valence-electron chi connectivity index (χ4n) is 10.6. The molecule has 5 aromatic carbocycles. The monoisotopic (exact) mass is 817 g/mol. The lowest BCUT2D eigenvalue weighted by molar-refractivity contribution is -0.245. The minimum absolute atomic E-state index is 0.0119. The lowest BCUT2D eigenvalue weighted by Crippen LogP contribution is -2.61. The second-order valence-electron chi connectivity index (χ2n) is 17.4. The Morgan fingerprint density at radius 3 is 2.03 bits per heavy atom. The molecular formula is C51H51N3O5S. The number of ether oxygens (including phenoxy) is 2. The van der Waals surface area contributed by atoms with Crippen molar-refractivity contribution in [2.45, 2.75) is 87.4 Å². The van der Waals surface area contributed by atoms with Crippen LogP contribution in [0.25, 0.3) is 33.7 Å². The van der Waals surface area contributed by atoms with E-state index in [4.69, 9.17) is 18.9 Å². The van der Waals surface area contributed by atoms with E-state index in [9.17, 15) is 9.90 Å². The molecule has 4 saturated carbocycles. The summed E-state index contributed by atoms with van der Waals surface area (Å²) in [6.07, 6.45) is 7.08. The first kappa shape index (κ1) is 39.0. The number of urea groups is 1. The summed E-state index contributed by atoms with van der Waals surface area (Å²) in [7, 11) is 0. The number of aliphatic hydroxyl groups excluding tert-OH is 1. The van der Waals surface area contributed by atoms with Gasteiger partial charge < -0.3 is 29.6 Å². The van der Waals surface area contributed by atoms with Gasteiger partial charge in [0.25, 0.3) is 5.22 Å². The van der Waals surface area contributed by atoms with E-state index in [1.165, 1.54) is 19.3 Å². The maximum Gasteiger partial charge on any atom is 0.315 e. The van der Waals surface area contributed by atoms with Crippen molar-refractivity contribution in [3.8, 4) is 33.7 Å². The van der Waals surface area contributed by atoms with Gasteiger partial charge in [-0.3, -0.25) is 0 Å². The van der Waals surface area contributed by atoms with Crippen molar-refractivity contribution >= 4 is 17.8 Å². The van der Waals surface area contributed by atoms with Crippen LogP contribution in [0.3, 0.4) is 0 Å². The first-order valence-corrected chi connectivity index (χ1v) is 22.4. The summed E-state index contributed by atoms with van der Waals surface area (Å²) in [6.45, 7) is 0.447. The number of benzene rings is 5. The smallest absolute Gasteiger partial charge is 0.315 e. The average Bonchev–Trinajstić information content (AvgIpc) is 3.72. The predicted molar refractivity (Wildman–Crippen MR) is 235 cm³/mol. The minimum Gasteiger partial charge on any atom is -0.431 e. The van der Waals surface area contributed by atoms with E-state index < -0.39 is 6.29 Å². The van der Waals surface area contributed by atoms with Crippen LogP contribution in [-0.2, 0) is 22.6 Å². The molecule has 6 aromatic rings. The summed E-state index contributed by atoms with van der Waals surface area (Å²) in [6, 6.07) is 44.9. The van der Waals surface area contributed by atoms with Crippen LogP contribution in [0.4, 0.5) is 4.79 Å². The van der Waals surface area contributed by atoms with E-state index in [1.807, 2.05) is 78.9 Å². The zero-order valence-corrected chi connectivity index (χ0v) is 34.5. The molecule has 1 saturated heterocycles. The number of nitrogens with zero attached hydrogens (tertiary/aromatic N) is 1. The number of rotatable bonds is 12. The fourth-order valence-corrected chi connectivity index (χ4v) is 11.4. The van der Waals surface area contributed by atoms with Gasteiger partial charge in [0.05, 0.1) is 18.8 Å². The van der Waals surface area contributed by atoms with Gasteiger partial charge in [-0.15, -0.1) is 0 Å². The Morgan fingerprint density at radius 1 is 0.683 bits per heavy atom. The van der Waals surface area contributed by atoms with Crippen LogP contribution >= 0.6 is 11.8 Å². The first-order chi connectivity index (χ1) is 29.4. The number of amides is 2. The molecule has 11 rings (SSSR count). The number of hydrogen-bond acceptors (Lipinski definition) is 7. The number of thioether (sulfide) groups is 1. The lowest BCUT2D eigenvalue weighted by Gasteiger charge is -2.56. The van der Waals surface area contributed by atoms with Gasteiger partial charge in [-0.05, 0) is 96.2 Å². The molecule has 1 aliphatic heterocycles. The molecule has 4 aliphatic carbocycles. The quantitative estimate of drug-likeness (QED) is 0.106. The third kappa shape index (κ3) is 8.54. The second-order valence-corrected chi connectivity index (χ2v) is 18.4. The van der Waals surface area contributed by atoms with Crippen molar-refractivity contribution in [3.05, 3.63) is 156 Å². The van der Waals surface area contributed by atoms with Gasteiger partial charge >= 0.3 is 6.03 Å². The Hall–Kier alpha value is -5.19. The van der Waals surface area contributed by atoms with E-state index in [-0.39, 0.29) is 30.4 Å². The van der Waals surface area contributed by atoms with E-state index in [2.05, 4.69) is 65.2 Å². The normalized spacial score (nSPS) is 25.6. The van der Waals surface area contributed by atoms with Crippen LogP contribution in [-0.4, -0.2) is 33.5 Å². The molecule has 5 fully saturated rings. The van der Waals surface area contributed by atoms with Crippen molar-refractivity contribution in [3.63, 3.8) is 0 Å². The number of nitrogens with one attached hydrogen (secondary N) is 2. The van der Waals surface area contributed by atoms with E-state index in [0.29, 0.717) is 23.9 Å². The summed E-state index contributed by atoms with van der Waals surface area (Å²) in [5.41, 5.74) is 8.74. The number of carbonyl (C=O) groups excluding carboxylic acids is 1. The van der Waals surface area contributed by atoms with E-state index >= 15 is 0 Å². The van der Waals surface area contributed by atoms with Crippen molar-refractivity contribution in [1.29, 1.82) is 0 Å². The van der Waals surface area contributed by atoms with Gasteiger partial charge in [-0.1, -0.05) is 133 Å². The number of hydrogen-bond donors (Lipinski definition) is 3. The summed E-state index contributed by atoms with van der Waals surface area (Å²) < 4.78 is 20.0. The molecule has 4 bridgehead atoms. The number of aliphatic hydroxyl groups is 1. The Kier molecular flexibility index (Phi) is 11.1. The molecular weight excluding hydrogens is 767 g/mol. The number of oxazole rings is 1. The van der Waals surface area contributed by atoms with Crippen molar-refractivity contribution in [1.82, 2.24) is 15.6 Å². The second kappa shape index (κ2) is 17.1. The SMILES string of the molecule is O=C(NCc1cccc(-c2cccc([C@H]3O[C@@H](CSc4nc(-c5ccccc5)c(-c5ccccc5)o4)C[C@@H](c4ccc(CO)cc4)O3)c2)c1)NC12CC3CC(CC(C3)C1)C2. The number of aromatic nitrogens is 1.